The van der Waals surface area contributed by atoms with Crippen molar-refractivity contribution in [2.24, 2.45) is 0 Å². The van der Waals surface area contributed by atoms with Gasteiger partial charge in [0.25, 0.3) is 0 Å². The molecule has 1 atom stereocenters. The zero-order valence-electron chi connectivity index (χ0n) is 11.2. The second-order valence-electron chi connectivity index (χ2n) is 4.97. The second-order valence-corrected chi connectivity index (χ2v) is 8.76. The minimum atomic E-state index is -3.43. The minimum absolute atomic E-state index is 0.0113. The Morgan fingerprint density at radius 3 is 2.35 bits per heavy atom. The van der Waals surface area contributed by atoms with Gasteiger partial charge in [0.2, 0.25) is 10.0 Å². The summed E-state index contributed by atoms with van der Waals surface area (Å²) in [6, 6.07) is 5.68. The summed E-state index contributed by atoms with van der Waals surface area (Å²) in [5.74, 6) is 0.0286. The van der Waals surface area contributed by atoms with E-state index < -0.39 is 19.9 Å². The Labute approximate surface area is 119 Å². The third-order valence-corrected chi connectivity index (χ3v) is 5.66. The Kier molecular flexibility index (Phi) is 4.36. The summed E-state index contributed by atoms with van der Waals surface area (Å²) in [7, 11) is -6.70. The Balaban J connectivity index is 2.05. The van der Waals surface area contributed by atoms with Gasteiger partial charge in [-0.3, -0.25) is 4.72 Å². The quantitative estimate of drug-likeness (QED) is 0.828. The zero-order chi connectivity index (χ0) is 14.8. The van der Waals surface area contributed by atoms with Crippen LogP contribution in [0.2, 0.25) is 0 Å². The van der Waals surface area contributed by atoms with Crippen molar-refractivity contribution in [1.29, 1.82) is 0 Å². The first-order chi connectivity index (χ1) is 9.26. The molecule has 6 nitrogen and oxygen atoms in total. The molecule has 0 aromatic heterocycles. The van der Waals surface area contributed by atoms with Gasteiger partial charge in [-0.15, -0.1) is 0 Å². The molecule has 2 rings (SSSR count). The molecule has 1 saturated heterocycles. The summed E-state index contributed by atoms with van der Waals surface area (Å²) < 4.78 is 49.0. The Morgan fingerprint density at radius 1 is 1.20 bits per heavy atom. The van der Waals surface area contributed by atoms with Crippen LogP contribution in [0.3, 0.4) is 0 Å². The number of nitrogens with one attached hydrogen (secondary N) is 2. The topological polar surface area (TPSA) is 92.3 Å². The van der Waals surface area contributed by atoms with Crippen molar-refractivity contribution in [1.82, 2.24) is 5.32 Å². The lowest BCUT2D eigenvalue weighted by Crippen LogP contribution is -2.32. The highest BCUT2D eigenvalue weighted by atomic mass is 32.2. The first-order valence-corrected chi connectivity index (χ1v) is 9.85. The van der Waals surface area contributed by atoms with Crippen molar-refractivity contribution in [3.05, 3.63) is 24.3 Å². The smallest absolute Gasteiger partial charge is 0.234 e. The van der Waals surface area contributed by atoms with E-state index in [-0.39, 0.29) is 16.7 Å². The van der Waals surface area contributed by atoms with Gasteiger partial charge in [-0.2, -0.15) is 0 Å². The lowest BCUT2D eigenvalue weighted by atomic mass is 10.3. The Hall–Kier alpha value is -1.12. The highest BCUT2D eigenvalue weighted by molar-refractivity contribution is 7.92. The van der Waals surface area contributed by atoms with E-state index in [0.29, 0.717) is 5.69 Å². The summed E-state index contributed by atoms with van der Waals surface area (Å²) in [5, 5.41) is 3.13. The van der Waals surface area contributed by atoms with E-state index in [4.69, 9.17) is 0 Å². The van der Waals surface area contributed by atoms with E-state index in [1.54, 1.807) is 0 Å². The molecule has 1 fully saturated rings. The Morgan fingerprint density at radius 2 is 1.85 bits per heavy atom. The molecule has 1 unspecified atom stereocenters. The number of anilines is 1. The monoisotopic (exact) mass is 318 g/mol. The molecule has 0 bridgehead atoms. The van der Waals surface area contributed by atoms with Gasteiger partial charge in [0, 0.05) is 18.0 Å². The van der Waals surface area contributed by atoms with Crippen LogP contribution in [0.15, 0.2) is 29.2 Å². The summed E-state index contributed by atoms with van der Waals surface area (Å²) in [4.78, 5) is 0.165. The van der Waals surface area contributed by atoms with Crippen molar-refractivity contribution in [2.75, 3.05) is 23.3 Å². The van der Waals surface area contributed by atoms with Crippen molar-refractivity contribution in [3.63, 3.8) is 0 Å². The van der Waals surface area contributed by atoms with E-state index in [1.165, 1.54) is 24.3 Å². The van der Waals surface area contributed by atoms with Crippen LogP contribution in [-0.2, 0) is 19.9 Å². The summed E-state index contributed by atoms with van der Waals surface area (Å²) in [6.07, 6.45) is 2.95. The molecule has 1 aliphatic rings. The van der Waals surface area contributed by atoms with Gasteiger partial charge in [0.05, 0.1) is 10.6 Å². The van der Waals surface area contributed by atoms with E-state index in [1.807, 2.05) is 0 Å². The van der Waals surface area contributed by atoms with E-state index >= 15 is 0 Å². The maximum absolute atomic E-state index is 12.0. The summed E-state index contributed by atoms with van der Waals surface area (Å²) in [5.41, 5.74) is 0.371. The van der Waals surface area contributed by atoms with Crippen LogP contribution in [0.5, 0.6) is 0 Å². The lowest BCUT2D eigenvalue weighted by molar-refractivity contribution is 0.581. The zero-order valence-corrected chi connectivity index (χ0v) is 12.8. The van der Waals surface area contributed by atoms with Gasteiger partial charge >= 0.3 is 0 Å². The maximum atomic E-state index is 12.0. The molecule has 0 aliphatic carbocycles. The summed E-state index contributed by atoms with van der Waals surface area (Å²) >= 11 is 0. The van der Waals surface area contributed by atoms with Crippen LogP contribution < -0.4 is 10.0 Å². The summed E-state index contributed by atoms with van der Waals surface area (Å²) in [6.45, 7) is 0.850. The van der Waals surface area contributed by atoms with Crippen molar-refractivity contribution in [3.8, 4) is 0 Å². The molecule has 2 N–H and O–H groups in total. The third-order valence-electron chi connectivity index (χ3n) is 3.14. The molecule has 112 valence electrons. The van der Waals surface area contributed by atoms with E-state index in [2.05, 4.69) is 10.0 Å². The number of sulfone groups is 1. The number of sulfonamides is 1. The van der Waals surface area contributed by atoms with Crippen LogP contribution in [0.25, 0.3) is 0 Å². The fraction of sp³-hybridized carbons (Fsp3) is 0.500. The van der Waals surface area contributed by atoms with Gasteiger partial charge in [-0.1, -0.05) is 0 Å². The van der Waals surface area contributed by atoms with Crippen LogP contribution in [-0.4, -0.2) is 41.4 Å². The molecule has 0 amide bonds. The fourth-order valence-electron chi connectivity index (χ4n) is 2.16. The highest BCUT2D eigenvalue weighted by Gasteiger charge is 2.22. The predicted molar refractivity (Wildman–Crippen MR) is 78.0 cm³/mol. The number of rotatable bonds is 5. The average Bonchev–Trinajstić information content (AvgIpc) is 2.79. The van der Waals surface area contributed by atoms with Gasteiger partial charge < -0.3 is 5.32 Å². The van der Waals surface area contributed by atoms with Gasteiger partial charge in [0.15, 0.2) is 9.84 Å². The molecule has 1 heterocycles. The molecule has 20 heavy (non-hydrogen) atoms. The first kappa shape index (κ1) is 15.3. The molecule has 0 spiro atoms. The van der Waals surface area contributed by atoms with Crippen molar-refractivity contribution >= 4 is 25.5 Å². The lowest BCUT2D eigenvalue weighted by Gasteiger charge is -2.12. The Bertz CT molecular complexity index is 660. The van der Waals surface area contributed by atoms with E-state index in [0.717, 1.165) is 25.6 Å². The largest absolute Gasteiger partial charge is 0.313 e. The van der Waals surface area contributed by atoms with Crippen LogP contribution in [0.4, 0.5) is 5.69 Å². The number of hydrogen-bond donors (Lipinski definition) is 2. The molecule has 0 radical (unpaired) electrons. The van der Waals surface area contributed by atoms with Crippen LogP contribution >= 0.6 is 0 Å². The second kappa shape index (κ2) is 5.71. The molecular formula is C12H18N2O4S2. The molecule has 1 aromatic carbocycles. The number of benzene rings is 1. The molecule has 1 aromatic rings. The van der Waals surface area contributed by atoms with Crippen molar-refractivity contribution in [2.45, 2.75) is 23.8 Å². The molecular weight excluding hydrogens is 300 g/mol. The van der Waals surface area contributed by atoms with Gasteiger partial charge in [-0.05, 0) is 43.7 Å². The van der Waals surface area contributed by atoms with E-state index in [9.17, 15) is 16.8 Å². The van der Waals surface area contributed by atoms with Gasteiger partial charge in [-0.25, -0.2) is 16.8 Å². The first-order valence-electron chi connectivity index (χ1n) is 6.30. The SMILES string of the molecule is CS(=O)(=O)c1ccc(NS(=O)(=O)CC2CCCN2)cc1. The number of hydrogen-bond acceptors (Lipinski definition) is 5. The van der Waals surface area contributed by atoms with Crippen LogP contribution in [0, 0.1) is 0 Å². The molecule has 0 saturated carbocycles. The van der Waals surface area contributed by atoms with Crippen molar-refractivity contribution < 1.29 is 16.8 Å². The molecule has 1 aliphatic heterocycles. The standard InChI is InChI=1S/C12H18N2O4S2/c1-19(15,16)12-6-4-10(5-7-12)14-20(17,18)9-11-3-2-8-13-11/h4-7,11,13-14H,2-3,8-9H2,1H3. The van der Waals surface area contributed by atoms with Gasteiger partial charge in [0.1, 0.15) is 0 Å². The average molecular weight is 318 g/mol. The normalized spacial score (nSPS) is 19.9. The highest BCUT2D eigenvalue weighted by Crippen LogP contribution is 2.16. The minimum Gasteiger partial charge on any atom is -0.313 e. The maximum Gasteiger partial charge on any atom is 0.234 e. The van der Waals surface area contributed by atoms with Crippen LogP contribution in [0.1, 0.15) is 12.8 Å². The third kappa shape index (κ3) is 4.19. The fourth-order valence-corrected chi connectivity index (χ4v) is 4.18. The predicted octanol–water partition coefficient (Wildman–Crippen LogP) is 0.584. The molecule has 8 heteroatoms.